The van der Waals surface area contributed by atoms with Crippen LogP contribution in [0.3, 0.4) is 0 Å². The average Bonchev–Trinajstić information content (AvgIpc) is 3.35. The largest absolute Gasteiger partial charge is 0.472 e. The number of carbonyl (C=O) groups excluding carboxylic acids is 2. The molecule has 70 heavy (non-hydrogen) atoms. The number of hydrogen-bond donors (Lipinski definition) is 2. The van der Waals surface area contributed by atoms with E-state index in [4.69, 9.17) is 24.3 Å². The third-order valence-electron chi connectivity index (χ3n) is 12.4. The van der Waals surface area contributed by atoms with Gasteiger partial charge in [0.2, 0.25) is 0 Å². The minimum absolute atomic E-state index is 0.0438. The zero-order valence-electron chi connectivity index (χ0n) is 45.2. The Morgan fingerprint density at radius 3 is 1.17 bits per heavy atom. The number of allylic oxidation sites excluding steroid dienone is 12. The summed E-state index contributed by atoms with van der Waals surface area (Å²) in [5.74, 6) is -0.873. The standard InChI is InChI=1S/C60H108NO8P/c1-3-5-7-9-11-13-15-17-19-21-23-25-26-27-28-29-30-31-33-34-36-38-40-42-44-46-48-50-52-59(62)66-56-58(57-68-70(64,65)67-55-54-61)69-60(63)53-51-49-47-45-43-41-39-37-35-32-24-22-20-18-16-14-12-10-8-6-4-2/h6,8,12,14,18,20,24,32,37,39,43,45,58H,3-5,7,9-11,13,15-17,19,21-23,25-31,33-36,38,40-42,44,46-57,61H2,1-2H3,(H,64,65)/b8-6-,14-12-,20-18-,32-24-,39-37-,45-43-. The number of nitrogens with two attached hydrogens (primary N) is 1. The number of phosphoric acid groups is 1. The van der Waals surface area contributed by atoms with Crippen molar-refractivity contribution in [3.05, 3.63) is 72.9 Å². The van der Waals surface area contributed by atoms with E-state index in [-0.39, 0.29) is 32.6 Å². The molecule has 3 N–H and O–H groups in total. The SMILES string of the molecule is CC/C=C\C/C=C\C/C=C\C/C=C\C/C=C\C/C=C\CCCCC(=O)OC(COC(=O)CCCCCCCCCCCCCCCCCCCCCCCCCCCCCC)COP(=O)(O)OCCN. The molecule has 9 nitrogen and oxygen atoms in total. The highest BCUT2D eigenvalue weighted by molar-refractivity contribution is 7.47. The highest BCUT2D eigenvalue weighted by Gasteiger charge is 2.26. The molecular formula is C60H108NO8P. The normalized spacial score (nSPS) is 13.6. The van der Waals surface area contributed by atoms with E-state index < -0.39 is 32.5 Å². The molecular weight excluding hydrogens is 894 g/mol. The second-order valence-electron chi connectivity index (χ2n) is 19.1. The molecule has 0 saturated heterocycles. The van der Waals surface area contributed by atoms with Crippen LogP contribution in [0.15, 0.2) is 72.9 Å². The zero-order valence-corrected chi connectivity index (χ0v) is 46.1. The quantitative estimate of drug-likeness (QED) is 0.0264. The van der Waals surface area contributed by atoms with Crippen LogP contribution >= 0.6 is 7.82 Å². The summed E-state index contributed by atoms with van der Waals surface area (Å²) >= 11 is 0. The Balaban J connectivity index is 3.99. The summed E-state index contributed by atoms with van der Waals surface area (Å²) in [6.07, 6.45) is 71.2. The molecule has 0 aromatic heterocycles. The molecule has 0 saturated carbocycles. The topological polar surface area (TPSA) is 134 Å². The van der Waals surface area contributed by atoms with Crippen LogP contribution in [0.4, 0.5) is 0 Å². The smallest absolute Gasteiger partial charge is 0.462 e. The van der Waals surface area contributed by atoms with E-state index in [1.807, 2.05) is 0 Å². The Morgan fingerprint density at radius 2 is 0.786 bits per heavy atom. The predicted octanol–water partition coefficient (Wildman–Crippen LogP) is 18.1. The second-order valence-corrected chi connectivity index (χ2v) is 20.6. The van der Waals surface area contributed by atoms with Gasteiger partial charge in [-0.2, -0.15) is 0 Å². The number of esters is 2. The van der Waals surface area contributed by atoms with Crippen LogP contribution < -0.4 is 5.73 Å². The predicted molar refractivity (Wildman–Crippen MR) is 298 cm³/mol. The Kier molecular flexibility index (Phi) is 53.7. The maximum absolute atomic E-state index is 12.7. The first-order valence-electron chi connectivity index (χ1n) is 28.9. The number of unbranched alkanes of at least 4 members (excludes halogenated alkanes) is 29. The molecule has 0 aliphatic carbocycles. The first-order valence-corrected chi connectivity index (χ1v) is 30.4. The van der Waals surface area contributed by atoms with Gasteiger partial charge >= 0.3 is 19.8 Å². The van der Waals surface area contributed by atoms with Gasteiger partial charge in [-0.05, 0) is 64.2 Å². The van der Waals surface area contributed by atoms with Gasteiger partial charge in [-0.1, -0.05) is 260 Å². The lowest BCUT2D eigenvalue weighted by Crippen LogP contribution is -2.29. The summed E-state index contributed by atoms with van der Waals surface area (Å²) in [5, 5.41) is 0. The van der Waals surface area contributed by atoms with Gasteiger partial charge < -0.3 is 20.1 Å². The summed E-state index contributed by atoms with van der Waals surface area (Å²) < 4.78 is 33.0. The number of phosphoric ester groups is 1. The number of carbonyl (C=O) groups is 2. The minimum atomic E-state index is -4.40. The van der Waals surface area contributed by atoms with Crippen molar-refractivity contribution in [2.24, 2.45) is 5.73 Å². The van der Waals surface area contributed by atoms with Crippen LogP contribution in [-0.2, 0) is 32.7 Å². The van der Waals surface area contributed by atoms with Crippen LogP contribution in [0.1, 0.15) is 264 Å². The molecule has 0 aliphatic heterocycles. The zero-order chi connectivity index (χ0) is 51.0. The van der Waals surface area contributed by atoms with Gasteiger partial charge in [0, 0.05) is 19.4 Å². The van der Waals surface area contributed by atoms with Crippen LogP contribution in [0.5, 0.6) is 0 Å². The van der Waals surface area contributed by atoms with Crippen molar-refractivity contribution < 1.29 is 37.6 Å². The molecule has 0 aromatic rings. The Labute approximate surface area is 431 Å². The highest BCUT2D eigenvalue weighted by atomic mass is 31.2. The van der Waals surface area contributed by atoms with Gasteiger partial charge in [-0.25, -0.2) is 4.57 Å². The molecule has 0 rings (SSSR count). The van der Waals surface area contributed by atoms with Gasteiger partial charge in [-0.15, -0.1) is 0 Å². The first-order chi connectivity index (χ1) is 34.3. The van der Waals surface area contributed by atoms with Crippen molar-refractivity contribution in [1.82, 2.24) is 0 Å². The van der Waals surface area contributed by atoms with E-state index in [1.165, 1.54) is 161 Å². The average molecular weight is 1000 g/mol. The van der Waals surface area contributed by atoms with Crippen molar-refractivity contribution in [3.63, 3.8) is 0 Å². The third kappa shape index (κ3) is 54.8. The van der Waals surface area contributed by atoms with Crippen molar-refractivity contribution in [1.29, 1.82) is 0 Å². The fourth-order valence-corrected chi connectivity index (χ4v) is 8.88. The van der Waals surface area contributed by atoms with Crippen molar-refractivity contribution in [3.8, 4) is 0 Å². The highest BCUT2D eigenvalue weighted by Crippen LogP contribution is 2.43. The summed E-state index contributed by atoms with van der Waals surface area (Å²) in [7, 11) is -4.40. The second kappa shape index (κ2) is 55.8. The third-order valence-corrected chi connectivity index (χ3v) is 13.3. The van der Waals surface area contributed by atoms with Gasteiger partial charge in [0.05, 0.1) is 13.2 Å². The van der Waals surface area contributed by atoms with Crippen molar-refractivity contribution in [2.75, 3.05) is 26.4 Å². The molecule has 0 amide bonds. The molecule has 0 aromatic carbocycles. The van der Waals surface area contributed by atoms with Gasteiger partial charge in [-0.3, -0.25) is 18.6 Å². The molecule has 0 radical (unpaired) electrons. The van der Waals surface area contributed by atoms with Crippen LogP contribution in [0, 0.1) is 0 Å². The Bertz CT molecular complexity index is 1370. The molecule has 10 heteroatoms. The van der Waals surface area contributed by atoms with Crippen molar-refractivity contribution in [2.45, 2.75) is 270 Å². The Hall–Kier alpha value is -2.55. The molecule has 0 bridgehead atoms. The lowest BCUT2D eigenvalue weighted by Gasteiger charge is -2.19. The van der Waals surface area contributed by atoms with E-state index >= 15 is 0 Å². The Morgan fingerprint density at radius 1 is 0.443 bits per heavy atom. The summed E-state index contributed by atoms with van der Waals surface area (Å²) in [6, 6.07) is 0. The molecule has 0 aliphatic rings. The maximum atomic E-state index is 12.7. The monoisotopic (exact) mass is 1000 g/mol. The van der Waals surface area contributed by atoms with E-state index in [9.17, 15) is 19.0 Å². The van der Waals surface area contributed by atoms with Crippen LogP contribution in [0.2, 0.25) is 0 Å². The summed E-state index contributed by atoms with van der Waals surface area (Å²) in [6.45, 7) is 3.61. The lowest BCUT2D eigenvalue weighted by molar-refractivity contribution is -0.161. The molecule has 0 fully saturated rings. The summed E-state index contributed by atoms with van der Waals surface area (Å²) in [4.78, 5) is 35.1. The molecule has 406 valence electrons. The van der Waals surface area contributed by atoms with E-state index in [0.717, 1.165) is 70.6 Å². The van der Waals surface area contributed by atoms with Crippen molar-refractivity contribution >= 4 is 19.8 Å². The lowest BCUT2D eigenvalue weighted by atomic mass is 10.0. The van der Waals surface area contributed by atoms with E-state index in [1.54, 1.807) is 0 Å². The fraction of sp³-hybridized carbons (Fsp3) is 0.767. The minimum Gasteiger partial charge on any atom is -0.462 e. The summed E-state index contributed by atoms with van der Waals surface area (Å²) in [5.41, 5.74) is 5.37. The van der Waals surface area contributed by atoms with Gasteiger partial charge in [0.15, 0.2) is 6.10 Å². The van der Waals surface area contributed by atoms with Crippen LogP contribution in [0.25, 0.3) is 0 Å². The molecule has 2 unspecified atom stereocenters. The molecule has 0 heterocycles. The van der Waals surface area contributed by atoms with E-state index in [2.05, 4.69) is 86.8 Å². The maximum Gasteiger partial charge on any atom is 0.472 e. The van der Waals surface area contributed by atoms with E-state index in [0.29, 0.717) is 6.42 Å². The van der Waals surface area contributed by atoms with Crippen LogP contribution in [-0.4, -0.2) is 49.3 Å². The van der Waals surface area contributed by atoms with Gasteiger partial charge in [0.25, 0.3) is 0 Å². The first kappa shape index (κ1) is 67.5. The molecule has 0 spiro atoms. The number of rotatable bonds is 54. The van der Waals surface area contributed by atoms with Gasteiger partial charge in [0.1, 0.15) is 6.61 Å². The number of ether oxygens (including phenoxy) is 2. The number of hydrogen-bond acceptors (Lipinski definition) is 8. The fourth-order valence-electron chi connectivity index (χ4n) is 8.11. The molecule has 2 atom stereocenters.